The zero-order chi connectivity index (χ0) is 25.4. The minimum Gasteiger partial charge on any atom is -0.481 e. The summed E-state index contributed by atoms with van der Waals surface area (Å²) in [6.45, 7) is 13.3. The number of carboxylic acid groups (broad SMARTS) is 1. The molecule has 5 nitrogen and oxygen atoms in total. The zero-order valence-electron chi connectivity index (χ0n) is 21.9. The number of aliphatic carboxylic acids is 1. The molecule has 7 atom stereocenters. The predicted molar refractivity (Wildman–Crippen MR) is 134 cm³/mol. The number of hydrogen-bond donors (Lipinski definition) is 2. The Morgan fingerprint density at radius 2 is 2.00 bits per heavy atom. The Labute approximate surface area is 209 Å². The van der Waals surface area contributed by atoms with Crippen molar-refractivity contribution in [3.63, 3.8) is 0 Å². The lowest BCUT2D eigenvalue weighted by molar-refractivity contribution is -0.139. The van der Waals surface area contributed by atoms with E-state index in [0.717, 1.165) is 68.9 Å². The molecule has 4 fully saturated rings. The molecule has 1 spiro atoms. The van der Waals surface area contributed by atoms with Gasteiger partial charge in [-0.05, 0) is 116 Å². The zero-order valence-corrected chi connectivity index (χ0v) is 21.9. The predicted octanol–water partition coefficient (Wildman–Crippen LogP) is 5.98. The van der Waals surface area contributed by atoms with E-state index < -0.39 is 12.1 Å². The molecule has 35 heavy (non-hydrogen) atoms. The summed E-state index contributed by atoms with van der Waals surface area (Å²) >= 11 is 0. The molecule has 0 bridgehead atoms. The molecule has 0 aromatic heterocycles. The first-order valence-corrected chi connectivity index (χ1v) is 13.5. The number of cyclic esters (lactones) is 1. The number of carbonyl (C=O) groups excluding carboxylic acids is 1. The van der Waals surface area contributed by atoms with E-state index in [1.165, 1.54) is 5.57 Å². The molecule has 5 aliphatic rings. The minimum atomic E-state index is -0.706. The molecule has 0 aromatic carbocycles. The Kier molecular flexibility index (Phi) is 5.71. The van der Waals surface area contributed by atoms with E-state index >= 15 is 0 Å². The Morgan fingerprint density at radius 1 is 1.26 bits per heavy atom. The van der Waals surface area contributed by atoms with Crippen LogP contribution in [0.3, 0.4) is 0 Å². The van der Waals surface area contributed by atoms with Gasteiger partial charge in [-0.3, -0.25) is 4.79 Å². The Hall–Kier alpha value is -1.88. The van der Waals surface area contributed by atoms with Gasteiger partial charge in [-0.2, -0.15) is 0 Å². The average Bonchev–Trinajstić information content (AvgIpc) is 3.40. The van der Waals surface area contributed by atoms with E-state index in [1.54, 1.807) is 6.92 Å². The number of fused-ring (bicyclic) bond motifs is 2. The van der Waals surface area contributed by atoms with Crippen molar-refractivity contribution in [1.29, 1.82) is 0 Å². The van der Waals surface area contributed by atoms with Crippen molar-refractivity contribution >= 4 is 11.9 Å². The van der Waals surface area contributed by atoms with Crippen LogP contribution in [0.5, 0.6) is 0 Å². The second-order valence-electron chi connectivity index (χ2n) is 12.9. The summed E-state index contributed by atoms with van der Waals surface area (Å²) in [7, 11) is 0. The quantitative estimate of drug-likeness (QED) is 0.380. The van der Waals surface area contributed by atoms with E-state index in [-0.39, 0.29) is 40.7 Å². The van der Waals surface area contributed by atoms with Crippen LogP contribution in [-0.4, -0.2) is 34.9 Å². The second kappa shape index (κ2) is 8.06. The molecule has 5 rings (SSSR count). The molecular weight excluding hydrogens is 440 g/mol. The number of rotatable bonds is 4. The van der Waals surface area contributed by atoms with Gasteiger partial charge in [0.1, 0.15) is 6.61 Å². The number of aliphatic hydroxyl groups excluding tert-OH is 1. The third-order valence-corrected chi connectivity index (χ3v) is 11.6. The van der Waals surface area contributed by atoms with E-state index in [0.29, 0.717) is 17.4 Å². The fourth-order valence-corrected chi connectivity index (χ4v) is 9.89. The van der Waals surface area contributed by atoms with Crippen LogP contribution in [0.4, 0.5) is 0 Å². The Bertz CT molecular complexity index is 1040. The molecule has 192 valence electrons. The number of carbonyl (C=O) groups is 2. The average molecular weight is 483 g/mol. The highest BCUT2D eigenvalue weighted by molar-refractivity contribution is 5.87. The summed E-state index contributed by atoms with van der Waals surface area (Å²) in [6.07, 6.45) is 10.1. The van der Waals surface area contributed by atoms with Gasteiger partial charge in [0.15, 0.2) is 0 Å². The van der Waals surface area contributed by atoms with Crippen LogP contribution in [0.25, 0.3) is 0 Å². The van der Waals surface area contributed by atoms with Crippen LogP contribution in [0.1, 0.15) is 91.9 Å². The van der Waals surface area contributed by atoms with Crippen LogP contribution in [-0.2, 0) is 14.3 Å². The van der Waals surface area contributed by atoms with Crippen LogP contribution in [0, 0.1) is 33.5 Å². The van der Waals surface area contributed by atoms with Gasteiger partial charge in [-0.25, -0.2) is 4.79 Å². The van der Waals surface area contributed by atoms with E-state index in [4.69, 9.17) is 4.74 Å². The van der Waals surface area contributed by atoms with Crippen molar-refractivity contribution in [2.75, 3.05) is 6.61 Å². The summed E-state index contributed by atoms with van der Waals surface area (Å²) in [5.74, 6) is -0.105. The molecule has 0 saturated heterocycles. The molecule has 2 N–H and O–H groups in total. The first-order chi connectivity index (χ1) is 16.4. The lowest BCUT2D eigenvalue weighted by Crippen LogP contribution is -2.52. The number of carboxylic acids is 1. The van der Waals surface area contributed by atoms with Gasteiger partial charge in [0, 0.05) is 12.0 Å². The molecule has 5 heteroatoms. The maximum atomic E-state index is 12.3. The van der Waals surface area contributed by atoms with Gasteiger partial charge in [-0.1, -0.05) is 32.1 Å². The van der Waals surface area contributed by atoms with E-state index in [1.807, 2.05) is 6.08 Å². The van der Waals surface area contributed by atoms with Crippen LogP contribution in [0.2, 0.25) is 0 Å². The summed E-state index contributed by atoms with van der Waals surface area (Å²) in [6, 6.07) is 0. The van der Waals surface area contributed by atoms with Crippen molar-refractivity contribution < 1.29 is 24.5 Å². The van der Waals surface area contributed by atoms with Crippen molar-refractivity contribution in [2.24, 2.45) is 33.5 Å². The van der Waals surface area contributed by atoms with E-state index in [9.17, 15) is 19.8 Å². The number of allylic oxidation sites excluding steroid dienone is 2. The fourth-order valence-electron chi connectivity index (χ4n) is 9.89. The molecule has 1 heterocycles. The first kappa shape index (κ1) is 24.8. The molecule has 4 aliphatic carbocycles. The van der Waals surface area contributed by atoms with Gasteiger partial charge < -0.3 is 14.9 Å². The van der Waals surface area contributed by atoms with Crippen molar-refractivity contribution in [2.45, 2.75) is 98.0 Å². The van der Waals surface area contributed by atoms with Gasteiger partial charge in [0.25, 0.3) is 0 Å². The molecule has 1 aliphatic heterocycles. The lowest BCUT2D eigenvalue weighted by Gasteiger charge is -2.59. The topological polar surface area (TPSA) is 83.8 Å². The van der Waals surface area contributed by atoms with Crippen LogP contribution >= 0.6 is 0 Å². The number of hydrogen-bond acceptors (Lipinski definition) is 4. The molecule has 4 saturated carbocycles. The van der Waals surface area contributed by atoms with Crippen LogP contribution in [0.15, 0.2) is 34.9 Å². The highest BCUT2D eigenvalue weighted by Crippen LogP contribution is 2.87. The van der Waals surface area contributed by atoms with Crippen molar-refractivity contribution in [1.82, 2.24) is 0 Å². The summed E-state index contributed by atoms with van der Waals surface area (Å²) in [4.78, 5) is 23.9. The largest absolute Gasteiger partial charge is 0.481 e. The number of aliphatic hydroxyl groups is 1. The molecule has 0 unspecified atom stereocenters. The highest BCUT2D eigenvalue weighted by Gasteiger charge is 2.80. The second-order valence-corrected chi connectivity index (χ2v) is 12.9. The Morgan fingerprint density at radius 3 is 2.69 bits per heavy atom. The van der Waals surface area contributed by atoms with Gasteiger partial charge in [0.05, 0.1) is 6.10 Å². The first-order valence-electron chi connectivity index (χ1n) is 13.5. The smallest absolute Gasteiger partial charge is 0.333 e. The summed E-state index contributed by atoms with van der Waals surface area (Å²) in [5.41, 5.74) is 4.12. The fraction of sp³-hybridized carbons (Fsp3) is 0.733. The number of ether oxygens (including phenoxy) is 1. The monoisotopic (exact) mass is 482 g/mol. The highest BCUT2D eigenvalue weighted by atomic mass is 16.5. The molecule has 0 radical (unpaired) electrons. The standard InChI is InChI=1S/C30H42O5/c1-18(2)21-9-10-23-28(5)15-22(31)25(20-8-6-7-19(3)26(34)35-16-20)27(28,4)13-14-30(23)17-29(21,30)12-11-24(32)33/h7,21-23,31H,1,6,8-17H2,2-5H3,(H,32,33)/b19-7-,25-20+/t21-,22-,23-,27+,28-,29+,30-/m0/s1. The van der Waals surface area contributed by atoms with Gasteiger partial charge >= 0.3 is 11.9 Å². The number of esters is 1. The van der Waals surface area contributed by atoms with Crippen molar-refractivity contribution in [3.8, 4) is 0 Å². The maximum absolute atomic E-state index is 12.3. The third-order valence-electron chi connectivity index (χ3n) is 11.6. The van der Waals surface area contributed by atoms with E-state index in [2.05, 4.69) is 27.4 Å². The third kappa shape index (κ3) is 3.29. The van der Waals surface area contributed by atoms with Gasteiger partial charge in [-0.15, -0.1) is 0 Å². The summed E-state index contributed by atoms with van der Waals surface area (Å²) < 4.78 is 5.63. The van der Waals surface area contributed by atoms with Crippen LogP contribution < -0.4 is 0 Å². The minimum absolute atomic E-state index is 0.0451. The molecular formula is C30H42O5. The normalized spacial score (nSPS) is 48.3. The van der Waals surface area contributed by atoms with Gasteiger partial charge in [0.2, 0.25) is 0 Å². The summed E-state index contributed by atoms with van der Waals surface area (Å²) in [5, 5.41) is 21.1. The molecule has 0 amide bonds. The Balaban J connectivity index is 1.53. The molecule has 0 aromatic rings. The lowest BCUT2D eigenvalue weighted by atomic mass is 9.44. The SMILES string of the molecule is C=C(C)[C@@H]1CC[C@@H]2[C@]3(CC[C@]4(C)/C(=C5\CC/C=C(/C)C(=O)OC5)[C@@H](O)C[C@@]24C)C[C@]13CCC(=O)O. The maximum Gasteiger partial charge on any atom is 0.333 e. The van der Waals surface area contributed by atoms with Crippen molar-refractivity contribution in [3.05, 3.63) is 34.9 Å².